The third-order valence-electron chi connectivity index (χ3n) is 9.00. The summed E-state index contributed by atoms with van der Waals surface area (Å²) in [5.74, 6) is 0.381. The fourth-order valence-corrected chi connectivity index (χ4v) is 7.30. The SMILES string of the molecule is CC1=[C-]C(C)(C)c2cc3c(cc21)-c1cc2c(cc1C3)C(C)(C)C=C2C.CC1=[C-]C(C)C=C1C.Fc1ccc([CH]=[Zr+2])cc1.[Cl-].[Cl-]. The zero-order valence-corrected chi connectivity index (χ0v) is 31.2. The molecule has 3 aromatic rings. The number of hydrogen-bond acceptors (Lipinski definition) is 0. The van der Waals surface area contributed by atoms with Gasteiger partial charge in [-0.3, -0.25) is 12.2 Å². The number of benzene rings is 3. The quantitative estimate of drug-likeness (QED) is 0.260. The van der Waals surface area contributed by atoms with E-state index in [1.54, 1.807) is 12.1 Å². The number of hydrogen-bond donors (Lipinski definition) is 0. The topological polar surface area (TPSA) is 0 Å². The summed E-state index contributed by atoms with van der Waals surface area (Å²) in [6.45, 7) is 20.1. The van der Waals surface area contributed by atoms with Crippen molar-refractivity contribution >= 4 is 14.9 Å². The molecule has 0 saturated heterocycles. The van der Waals surface area contributed by atoms with Gasteiger partial charge in [0.1, 0.15) is 0 Å². The van der Waals surface area contributed by atoms with Crippen LogP contribution in [0.25, 0.3) is 22.3 Å². The molecule has 0 spiro atoms. The van der Waals surface area contributed by atoms with Crippen LogP contribution in [0.2, 0.25) is 0 Å². The van der Waals surface area contributed by atoms with Crippen LogP contribution >= 0.6 is 0 Å². The maximum atomic E-state index is 12.2. The molecular formula is C40H41Cl2FZr-2. The van der Waals surface area contributed by atoms with Crippen molar-refractivity contribution in [1.29, 1.82) is 0 Å². The van der Waals surface area contributed by atoms with E-state index in [-0.39, 0.29) is 41.5 Å². The molecule has 0 amide bonds. The van der Waals surface area contributed by atoms with Gasteiger partial charge in [-0.05, 0) is 58.4 Å². The molecule has 0 aliphatic heterocycles. The van der Waals surface area contributed by atoms with E-state index in [9.17, 15) is 4.39 Å². The minimum Gasteiger partial charge on any atom is -1.00 e. The summed E-state index contributed by atoms with van der Waals surface area (Å²) in [5, 5.41) is 0. The molecule has 3 aromatic carbocycles. The van der Waals surface area contributed by atoms with Crippen LogP contribution in [0.5, 0.6) is 0 Å². The van der Waals surface area contributed by atoms with Gasteiger partial charge >= 0.3 is 68.0 Å². The molecule has 7 rings (SSSR count). The molecule has 0 nitrogen and oxygen atoms in total. The smallest absolute Gasteiger partial charge is 1.00 e. The van der Waals surface area contributed by atoms with Crippen molar-refractivity contribution in [2.75, 3.05) is 0 Å². The van der Waals surface area contributed by atoms with Crippen molar-refractivity contribution in [3.8, 4) is 11.1 Å². The minimum absolute atomic E-state index is 0. The Bertz CT molecular complexity index is 1610. The van der Waals surface area contributed by atoms with E-state index < -0.39 is 0 Å². The zero-order valence-electron chi connectivity index (χ0n) is 27.3. The summed E-state index contributed by atoms with van der Waals surface area (Å²) in [4.78, 5) is 0. The van der Waals surface area contributed by atoms with Gasteiger partial charge in [-0.1, -0.05) is 78.0 Å². The average Bonchev–Trinajstić information content (AvgIpc) is 3.57. The normalized spacial score (nSPS) is 18.6. The Kier molecular flexibility index (Phi) is 11.3. The van der Waals surface area contributed by atoms with Gasteiger partial charge in [0, 0.05) is 5.41 Å². The summed E-state index contributed by atoms with van der Waals surface area (Å²) >= 11 is 1.34. The molecule has 0 radical (unpaired) electrons. The number of halogens is 3. The first-order valence-electron chi connectivity index (χ1n) is 14.9. The molecule has 0 saturated carbocycles. The first-order valence-corrected chi connectivity index (χ1v) is 16.3. The largest absolute Gasteiger partial charge is 1.00 e. The van der Waals surface area contributed by atoms with E-state index in [2.05, 4.69) is 111 Å². The summed E-state index contributed by atoms with van der Waals surface area (Å²) in [6.07, 6.45) is 12.7. The first kappa shape index (κ1) is 36.4. The molecule has 4 aliphatic rings. The van der Waals surface area contributed by atoms with E-state index in [1.807, 2.05) is 3.71 Å². The number of allylic oxidation sites excluding steroid dienone is 8. The van der Waals surface area contributed by atoms with Crippen LogP contribution in [0.4, 0.5) is 4.39 Å². The van der Waals surface area contributed by atoms with E-state index in [0.717, 1.165) is 12.0 Å². The van der Waals surface area contributed by atoms with Crippen molar-refractivity contribution in [3.05, 3.63) is 129 Å². The van der Waals surface area contributed by atoms with Crippen LogP contribution in [0.15, 0.2) is 71.8 Å². The second-order valence-electron chi connectivity index (χ2n) is 13.3. The van der Waals surface area contributed by atoms with Gasteiger partial charge in [0.25, 0.3) is 0 Å². The predicted octanol–water partition coefficient (Wildman–Crippen LogP) is 4.31. The van der Waals surface area contributed by atoms with Gasteiger partial charge in [-0.15, -0.1) is 18.6 Å². The standard InChI is InChI=1S/C25H25.C8H11.C7H5F.2ClH.Zr/c1-14-12-24(3,4)22-8-16-7-17-9-23-19(15(2)13-25(23,5)6)11-21(17)20(16)10-18(14)22;1-6-4-7(2)8(3)5-6;1-6-2-4-7(8)5-3-6;;;/h8-12H,7H2,1-6H3;4,6H,1-3H3;1-5H;2*1H;/q2*-1;;;;+2/p-2. The second kappa shape index (κ2) is 13.7. The third-order valence-corrected chi connectivity index (χ3v) is 9.82. The van der Waals surface area contributed by atoms with Crippen molar-refractivity contribution < 1.29 is 53.4 Å². The van der Waals surface area contributed by atoms with Crippen molar-refractivity contribution in [2.24, 2.45) is 5.92 Å². The van der Waals surface area contributed by atoms with Gasteiger partial charge < -0.3 is 24.8 Å². The van der Waals surface area contributed by atoms with Gasteiger partial charge in [0.15, 0.2) is 0 Å². The van der Waals surface area contributed by atoms with Gasteiger partial charge in [-0.2, -0.15) is 11.6 Å². The average molecular weight is 703 g/mol. The molecule has 1 atom stereocenters. The number of rotatable bonds is 1. The van der Waals surface area contributed by atoms with Gasteiger partial charge in [0.2, 0.25) is 0 Å². The van der Waals surface area contributed by atoms with Crippen LogP contribution in [0.3, 0.4) is 0 Å². The molecule has 0 bridgehead atoms. The van der Waals surface area contributed by atoms with Crippen LogP contribution in [0, 0.1) is 23.9 Å². The molecule has 1 unspecified atom stereocenters. The Morgan fingerprint density at radius 1 is 0.773 bits per heavy atom. The van der Waals surface area contributed by atoms with Crippen LogP contribution < -0.4 is 24.8 Å². The summed E-state index contributed by atoms with van der Waals surface area (Å²) < 4.78 is 14.2. The Balaban J connectivity index is 0.000000231. The Morgan fingerprint density at radius 3 is 1.84 bits per heavy atom. The van der Waals surface area contributed by atoms with E-state index in [0.29, 0.717) is 5.92 Å². The first-order chi connectivity index (χ1) is 19.7. The van der Waals surface area contributed by atoms with Crippen LogP contribution in [0.1, 0.15) is 101 Å². The van der Waals surface area contributed by atoms with E-state index >= 15 is 0 Å². The molecule has 0 heterocycles. The molecule has 44 heavy (non-hydrogen) atoms. The number of fused-ring (bicyclic) bond motifs is 5. The summed E-state index contributed by atoms with van der Waals surface area (Å²) in [7, 11) is 0. The molecule has 228 valence electrons. The fraction of sp³-hybridized carbons (Fsp3) is 0.325. The summed E-state index contributed by atoms with van der Waals surface area (Å²) in [5.41, 5.74) is 18.3. The molecule has 4 heteroatoms. The monoisotopic (exact) mass is 700 g/mol. The molecule has 0 N–H and O–H groups in total. The van der Waals surface area contributed by atoms with Crippen molar-refractivity contribution in [3.63, 3.8) is 0 Å². The predicted molar refractivity (Wildman–Crippen MR) is 174 cm³/mol. The van der Waals surface area contributed by atoms with E-state index in [4.69, 9.17) is 0 Å². The fourth-order valence-electron chi connectivity index (χ4n) is 6.83. The zero-order chi connectivity index (χ0) is 30.6. The van der Waals surface area contributed by atoms with Crippen molar-refractivity contribution in [2.45, 2.75) is 79.6 Å². The van der Waals surface area contributed by atoms with Gasteiger partial charge in [0.05, 0.1) is 0 Å². The van der Waals surface area contributed by atoms with Crippen molar-refractivity contribution in [1.82, 2.24) is 0 Å². The molecule has 4 aliphatic carbocycles. The summed E-state index contributed by atoms with van der Waals surface area (Å²) in [6, 6.07) is 16.3. The Morgan fingerprint density at radius 2 is 1.34 bits per heavy atom. The molecule has 0 aromatic heterocycles. The van der Waals surface area contributed by atoms with Gasteiger partial charge in [-0.25, -0.2) is 16.7 Å². The van der Waals surface area contributed by atoms with Crippen LogP contribution in [-0.4, -0.2) is 3.71 Å². The van der Waals surface area contributed by atoms with Crippen LogP contribution in [-0.2, 0) is 41.5 Å². The Labute approximate surface area is 291 Å². The molecule has 0 fully saturated rings. The molecular weight excluding hydrogens is 662 g/mol. The Hall–Kier alpha value is -2.12. The second-order valence-corrected chi connectivity index (χ2v) is 14.0. The maximum Gasteiger partial charge on any atom is -1.00 e. The minimum atomic E-state index is -0.170. The third kappa shape index (κ3) is 7.14. The van der Waals surface area contributed by atoms with E-state index in [1.165, 1.54) is 103 Å². The maximum absolute atomic E-state index is 12.2.